The molecule has 25 heavy (non-hydrogen) atoms. The van der Waals surface area contributed by atoms with Crippen molar-refractivity contribution in [1.29, 1.82) is 0 Å². The Morgan fingerprint density at radius 3 is 2.76 bits per heavy atom. The Morgan fingerprint density at radius 2 is 2.12 bits per heavy atom. The van der Waals surface area contributed by atoms with Crippen molar-refractivity contribution < 1.29 is 14.3 Å². The van der Waals surface area contributed by atoms with E-state index < -0.39 is 5.91 Å². The maximum atomic E-state index is 12.2. The summed E-state index contributed by atoms with van der Waals surface area (Å²) in [6, 6.07) is 6.63. The summed E-state index contributed by atoms with van der Waals surface area (Å²) in [5, 5.41) is 3.91. The Kier molecular flexibility index (Phi) is 6.35. The van der Waals surface area contributed by atoms with E-state index in [0.29, 0.717) is 23.6 Å². The molecule has 0 aliphatic rings. The van der Waals surface area contributed by atoms with Gasteiger partial charge in [-0.15, -0.1) is 0 Å². The number of carbonyl (C=O) groups is 1. The van der Waals surface area contributed by atoms with Crippen LogP contribution < -0.4 is 20.5 Å². The Hall–Kier alpha value is -2.61. The zero-order valence-corrected chi connectivity index (χ0v) is 15.7. The molecule has 2 aromatic rings. The maximum absolute atomic E-state index is 12.2. The van der Waals surface area contributed by atoms with Gasteiger partial charge in [0, 0.05) is 22.8 Å². The Balaban J connectivity index is 2.23. The van der Waals surface area contributed by atoms with Crippen LogP contribution in [0.1, 0.15) is 22.8 Å². The van der Waals surface area contributed by atoms with E-state index in [9.17, 15) is 9.59 Å². The van der Waals surface area contributed by atoms with Gasteiger partial charge >= 0.3 is 0 Å². The number of hydrogen-bond donors (Lipinski definition) is 1. The molecule has 0 unspecified atom stereocenters. The van der Waals surface area contributed by atoms with Gasteiger partial charge in [-0.2, -0.15) is 5.10 Å². The first-order valence-electron chi connectivity index (χ1n) is 7.46. The van der Waals surface area contributed by atoms with E-state index in [0.717, 1.165) is 4.47 Å². The lowest BCUT2D eigenvalue weighted by molar-refractivity contribution is 0.0953. The van der Waals surface area contributed by atoms with Crippen LogP contribution in [0.4, 0.5) is 0 Å². The molecule has 0 saturated heterocycles. The highest BCUT2D eigenvalue weighted by molar-refractivity contribution is 9.10. The fourth-order valence-electron chi connectivity index (χ4n) is 2.23. The van der Waals surface area contributed by atoms with Crippen LogP contribution in [0.2, 0.25) is 0 Å². The van der Waals surface area contributed by atoms with Crippen LogP contribution in [-0.2, 0) is 6.54 Å². The highest BCUT2D eigenvalue weighted by Gasteiger charge is 2.12. The summed E-state index contributed by atoms with van der Waals surface area (Å²) in [6.07, 6.45) is 3.05. The molecule has 7 nitrogen and oxygen atoms in total. The Labute approximate surface area is 153 Å². The summed E-state index contributed by atoms with van der Waals surface area (Å²) in [6.45, 7) is 2.31. The molecule has 0 bridgehead atoms. The number of rotatable bonds is 6. The number of methoxy groups -OCH3 is 2. The van der Waals surface area contributed by atoms with Crippen molar-refractivity contribution in [3.8, 4) is 11.5 Å². The van der Waals surface area contributed by atoms with Crippen LogP contribution >= 0.6 is 15.9 Å². The Bertz CT molecular complexity index is 861. The van der Waals surface area contributed by atoms with Crippen molar-refractivity contribution in [1.82, 2.24) is 9.99 Å². The molecule has 0 radical (unpaired) electrons. The third-order valence-electron chi connectivity index (χ3n) is 3.45. The van der Waals surface area contributed by atoms with Crippen LogP contribution in [0.5, 0.6) is 11.5 Å². The average Bonchev–Trinajstić information content (AvgIpc) is 2.61. The molecule has 0 spiro atoms. The first-order valence-corrected chi connectivity index (χ1v) is 8.25. The number of aromatic nitrogens is 1. The molecule has 0 fully saturated rings. The number of nitrogens with one attached hydrogen (secondary N) is 1. The monoisotopic (exact) mass is 407 g/mol. The molecule has 0 saturated carbocycles. The van der Waals surface area contributed by atoms with E-state index in [-0.39, 0.29) is 11.1 Å². The molecule has 0 aliphatic heterocycles. The van der Waals surface area contributed by atoms with Crippen molar-refractivity contribution >= 4 is 28.1 Å². The summed E-state index contributed by atoms with van der Waals surface area (Å²) in [4.78, 5) is 24.3. The number of hydrogen-bond acceptors (Lipinski definition) is 5. The third-order valence-corrected chi connectivity index (χ3v) is 3.91. The largest absolute Gasteiger partial charge is 0.493 e. The predicted molar refractivity (Wildman–Crippen MR) is 98.7 cm³/mol. The van der Waals surface area contributed by atoms with Gasteiger partial charge < -0.3 is 14.0 Å². The van der Waals surface area contributed by atoms with Gasteiger partial charge in [0.25, 0.3) is 11.5 Å². The number of hydrazone groups is 1. The number of benzene rings is 1. The molecular weight excluding hydrogens is 390 g/mol. The first-order chi connectivity index (χ1) is 12.0. The summed E-state index contributed by atoms with van der Waals surface area (Å²) in [7, 11) is 3.04. The van der Waals surface area contributed by atoms with Crippen molar-refractivity contribution in [2.45, 2.75) is 13.5 Å². The van der Waals surface area contributed by atoms with E-state index in [1.165, 1.54) is 31.1 Å². The summed E-state index contributed by atoms with van der Waals surface area (Å²) in [5.74, 6) is 0.431. The van der Waals surface area contributed by atoms with Gasteiger partial charge in [0.05, 0.1) is 20.4 Å². The predicted octanol–water partition coefficient (Wildman–Crippen LogP) is 2.41. The zero-order chi connectivity index (χ0) is 18.4. The van der Waals surface area contributed by atoms with Gasteiger partial charge in [-0.25, -0.2) is 5.43 Å². The van der Waals surface area contributed by atoms with Crippen LogP contribution in [0.25, 0.3) is 0 Å². The van der Waals surface area contributed by atoms with Gasteiger partial charge in [-0.1, -0.05) is 15.9 Å². The second-order valence-electron chi connectivity index (χ2n) is 4.94. The quantitative estimate of drug-likeness (QED) is 0.588. The summed E-state index contributed by atoms with van der Waals surface area (Å²) in [5.41, 5.74) is 2.62. The number of nitrogens with zero attached hydrogens (tertiary/aromatic N) is 2. The molecule has 1 amide bonds. The second kappa shape index (κ2) is 8.48. The number of aryl methyl sites for hydroxylation is 1. The molecule has 132 valence electrons. The molecule has 0 aliphatic carbocycles. The normalized spacial score (nSPS) is 10.7. The number of halogens is 1. The number of pyridine rings is 1. The average molecular weight is 408 g/mol. The zero-order valence-electron chi connectivity index (χ0n) is 14.1. The SMILES string of the molecule is CCn1cccc(C(=O)N/N=C\c2cc(Br)cc(OC)c2OC)c1=O. The minimum atomic E-state index is -0.579. The summed E-state index contributed by atoms with van der Waals surface area (Å²) >= 11 is 3.37. The second-order valence-corrected chi connectivity index (χ2v) is 5.86. The van der Waals surface area contributed by atoms with Crippen LogP contribution in [0.3, 0.4) is 0 Å². The van der Waals surface area contributed by atoms with Gasteiger partial charge in [-0.3, -0.25) is 9.59 Å². The van der Waals surface area contributed by atoms with Crippen molar-refractivity contribution in [3.63, 3.8) is 0 Å². The maximum Gasteiger partial charge on any atom is 0.276 e. The number of carbonyl (C=O) groups excluding carboxylic acids is 1. The highest BCUT2D eigenvalue weighted by atomic mass is 79.9. The summed E-state index contributed by atoms with van der Waals surface area (Å²) < 4.78 is 12.8. The number of ether oxygens (including phenoxy) is 2. The topological polar surface area (TPSA) is 81.9 Å². The van der Waals surface area contributed by atoms with E-state index in [2.05, 4.69) is 26.5 Å². The molecule has 0 atom stereocenters. The lowest BCUT2D eigenvalue weighted by Gasteiger charge is -2.10. The van der Waals surface area contributed by atoms with Crippen molar-refractivity contribution in [2.24, 2.45) is 5.10 Å². The van der Waals surface area contributed by atoms with Gasteiger partial charge in [0.1, 0.15) is 5.56 Å². The van der Waals surface area contributed by atoms with Crippen LogP contribution in [-0.4, -0.2) is 30.9 Å². The lowest BCUT2D eigenvalue weighted by atomic mass is 10.2. The lowest BCUT2D eigenvalue weighted by Crippen LogP contribution is -2.30. The molecule has 8 heteroatoms. The van der Waals surface area contributed by atoms with Crippen molar-refractivity contribution in [3.05, 3.63) is 56.4 Å². The van der Waals surface area contributed by atoms with Crippen LogP contribution in [0, 0.1) is 0 Å². The first kappa shape index (κ1) is 18.7. The van der Waals surface area contributed by atoms with Gasteiger partial charge in [-0.05, 0) is 31.2 Å². The molecule has 1 N–H and O–H groups in total. The number of amides is 1. The van der Waals surface area contributed by atoms with E-state index >= 15 is 0 Å². The van der Waals surface area contributed by atoms with Crippen molar-refractivity contribution in [2.75, 3.05) is 14.2 Å². The minimum absolute atomic E-state index is 0.0280. The van der Waals surface area contributed by atoms with Gasteiger partial charge in [0.2, 0.25) is 0 Å². The standard InChI is InChI=1S/C17H18BrN3O4/c1-4-21-7-5-6-13(17(21)23)16(22)20-19-10-11-8-12(18)9-14(24-2)15(11)25-3/h5-10H,4H2,1-3H3,(H,20,22)/b19-10-. The fourth-order valence-corrected chi connectivity index (χ4v) is 2.69. The van der Waals surface area contributed by atoms with Gasteiger partial charge in [0.15, 0.2) is 11.5 Å². The molecular formula is C17H18BrN3O4. The minimum Gasteiger partial charge on any atom is -0.493 e. The molecule has 1 aromatic heterocycles. The van der Waals surface area contributed by atoms with E-state index in [1.807, 2.05) is 6.92 Å². The molecule has 2 rings (SSSR count). The molecule has 1 heterocycles. The van der Waals surface area contributed by atoms with Crippen LogP contribution in [0.15, 0.2) is 44.8 Å². The van der Waals surface area contributed by atoms with E-state index in [4.69, 9.17) is 9.47 Å². The third kappa shape index (κ3) is 4.27. The highest BCUT2D eigenvalue weighted by Crippen LogP contribution is 2.33. The van der Waals surface area contributed by atoms with E-state index in [1.54, 1.807) is 24.4 Å². The Morgan fingerprint density at radius 1 is 1.36 bits per heavy atom. The molecule has 1 aromatic carbocycles. The fraction of sp³-hybridized carbons (Fsp3) is 0.235. The smallest absolute Gasteiger partial charge is 0.276 e.